The van der Waals surface area contributed by atoms with Crippen molar-refractivity contribution in [1.82, 2.24) is 14.1 Å². The highest BCUT2D eigenvalue weighted by atomic mass is 16.3. The molecule has 0 aliphatic carbocycles. The van der Waals surface area contributed by atoms with Crippen LogP contribution in [0.2, 0.25) is 0 Å². The molecule has 0 radical (unpaired) electrons. The molecule has 0 bridgehead atoms. The molecule has 0 spiro atoms. The number of fused-ring (bicyclic) bond motifs is 11. The highest BCUT2D eigenvalue weighted by Crippen LogP contribution is 2.47. The Kier molecular flexibility index (Phi) is 6.95. The maximum absolute atomic E-state index is 7.40. The second-order valence-corrected chi connectivity index (χ2v) is 15.5. The summed E-state index contributed by atoms with van der Waals surface area (Å²) in [5.74, 6) is 0.847. The highest BCUT2D eigenvalue weighted by Gasteiger charge is 2.26. The Labute approximate surface area is 343 Å². The average molecular weight is 768 g/mol. The maximum atomic E-state index is 7.40. The molecule has 60 heavy (non-hydrogen) atoms. The third kappa shape index (κ3) is 4.71. The lowest BCUT2D eigenvalue weighted by Gasteiger charge is -2.15. The van der Waals surface area contributed by atoms with Crippen LogP contribution in [0.25, 0.3) is 122 Å². The molecule has 280 valence electrons. The zero-order valence-corrected chi connectivity index (χ0v) is 32.2. The van der Waals surface area contributed by atoms with E-state index in [1.165, 1.54) is 0 Å². The number of rotatable bonds is 5. The van der Waals surface area contributed by atoms with Crippen molar-refractivity contribution in [2.45, 2.75) is 0 Å². The van der Waals surface area contributed by atoms with E-state index in [1.54, 1.807) is 0 Å². The van der Waals surface area contributed by atoms with Gasteiger partial charge in [-0.25, -0.2) is 4.98 Å². The topological polar surface area (TPSA) is 49.0 Å². The third-order valence-electron chi connectivity index (χ3n) is 12.1. The van der Waals surface area contributed by atoms with Crippen molar-refractivity contribution in [3.63, 3.8) is 0 Å². The summed E-state index contributed by atoms with van der Waals surface area (Å²) in [5.41, 5.74) is 14.7. The van der Waals surface area contributed by atoms with Crippen molar-refractivity contribution in [3.05, 3.63) is 200 Å². The van der Waals surface area contributed by atoms with Crippen LogP contribution in [0.3, 0.4) is 0 Å². The van der Waals surface area contributed by atoms with Gasteiger partial charge in [0.1, 0.15) is 17.0 Å². The van der Waals surface area contributed by atoms with Crippen LogP contribution >= 0.6 is 0 Å². The molecule has 0 saturated carbocycles. The Morgan fingerprint density at radius 3 is 1.90 bits per heavy atom. The molecule has 9 aromatic carbocycles. The number of hydrogen-bond acceptors (Lipinski definition) is 3. The van der Waals surface area contributed by atoms with Crippen molar-refractivity contribution >= 4 is 76.7 Å². The van der Waals surface area contributed by atoms with Gasteiger partial charge in [0.05, 0.1) is 27.8 Å². The molecule has 5 heteroatoms. The van der Waals surface area contributed by atoms with E-state index in [2.05, 4.69) is 197 Å². The van der Waals surface area contributed by atoms with E-state index in [0.717, 1.165) is 122 Å². The Hall–Kier alpha value is -8.15. The van der Waals surface area contributed by atoms with Crippen LogP contribution in [-0.4, -0.2) is 14.1 Å². The molecule has 13 aromatic rings. The largest absolute Gasteiger partial charge is 0.454 e. The molecule has 13 rings (SSSR count). The van der Waals surface area contributed by atoms with Gasteiger partial charge in [-0.3, -0.25) is 4.57 Å². The van der Waals surface area contributed by atoms with E-state index < -0.39 is 0 Å². The lowest BCUT2D eigenvalue weighted by Crippen LogP contribution is -1.99. The standard InChI is InChI=1S/C55H33N3O2/c1-3-15-34(16-4-1)35-17-13-18-36(33-35)50-44(55-56-45-24-9-11-26-47(45)57(55)37-19-5-2-6-20-37)32-31-43-41-23-14-27-48(52(41)60-53(43)50)58-46-25-10-7-21-38(46)40-29-30-42-39-22-8-12-28-49(39)59-54(42)51(40)58/h1-33H. The van der Waals surface area contributed by atoms with Gasteiger partial charge in [0.15, 0.2) is 11.2 Å². The molecular weight excluding hydrogens is 735 g/mol. The normalized spacial score (nSPS) is 12.0. The van der Waals surface area contributed by atoms with Crippen LogP contribution in [0.4, 0.5) is 0 Å². The second kappa shape index (κ2) is 12.7. The molecule has 0 unspecified atom stereocenters. The first-order valence-corrected chi connectivity index (χ1v) is 20.3. The van der Waals surface area contributed by atoms with Crippen molar-refractivity contribution < 1.29 is 8.83 Å². The molecule has 0 aliphatic rings. The molecular formula is C55H33N3O2. The summed E-state index contributed by atoms with van der Waals surface area (Å²) in [6.07, 6.45) is 0. The Morgan fingerprint density at radius 2 is 1.02 bits per heavy atom. The number of hydrogen-bond donors (Lipinski definition) is 0. The Bertz CT molecular complexity index is 3830. The number of benzene rings is 9. The SMILES string of the molecule is c1ccc(-c2cccc(-c3c(-c4nc5ccccc5n4-c4ccccc4)ccc4c3oc3c(-n5c6ccccc6c6ccc7c8ccccc8oc7c65)cccc34)c2)cc1. The first kappa shape index (κ1) is 32.9. The van der Waals surface area contributed by atoms with E-state index in [9.17, 15) is 0 Å². The van der Waals surface area contributed by atoms with Crippen LogP contribution < -0.4 is 0 Å². The summed E-state index contributed by atoms with van der Waals surface area (Å²) in [7, 11) is 0. The Morgan fingerprint density at radius 1 is 0.383 bits per heavy atom. The fraction of sp³-hybridized carbons (Fsp3) is 0. The summed E-state index contributed by atoms with van der Waals surface area (Å²) < 4.78 is 18.7. The summed E-state index contributed by atoms with van der Waals surface area (Å²) >= 11 is 0. The van der Waals surface area contributed by atoms with Crippen molar-refractivity contribution in [1.29, 1.82) is 0 Å². The van der Waals surface area contributed by atoms with Gasteiger partial charge in [-0.1, -0.05) is 133 Å². The minimum Gasteiger partial charge on any atom is -0.454 e. The van der Waals surface area contributed by atoms with Crippen molar-refractivity contribution in [2.75, 3.05) is 0 Å². The van der Waals surface area contributed by atoms with Gasteiger partial charge in [-0.05, 0) is 83.4 Å². The summed E-state index contributed by atoms with van der Waals surface area (Å²) in [6, 6.07) is 70.5. The summed E-state index contributed by atoms with van der Waals surface area (Å²) in [5, 5.41) is 6.55. The van der Waals surface area contributed by atoms with E-state index in [-0.39, 0.29) is 0 Å². The van der Waals surface area contributed by atoms with Gasteiger partial charge in [0.2, 0.25) is 0 Å². The summed E-state index contributed by atoms with van der Waals surface area (Å²) in [4.78, 5) is 5.37. The van der Waals surface area contributed by atoms with Gasteiger partial charge >= 0.3 is 0 Å². The average Bonchev–Trinajstić information content (AvgIpc) is 4.08. The zero-order chi connectivity index (χ0) is 39.3. The fourth-order valence-electron chi connectivity index (χ4n) is 9.51. The first-order valence-electron chi connectivity index (χ1n) is 20.3. The van der Waals surface area contributed by atoms with E-state index in [1.807, 2.05) is 12.1 Å². The van der Waals surface area contributed by atoms with Gasteiger partial charge in [0, 0.05) is 49.1 Å². The highest BCUT2D eigenvalue weighted by molar-refractivity contribution is 6.22. The van der Waals surface area contributed by atoms with Gasteiger partial charge in [0.25, 0.3) is 0 Å². The molecule has 5 nitrogen and oxygen atoms in total. The van der Waals surface area contributed by atoms with E-state index in [4.69, 9.17) is 13.8 Å². The van der Waals surface area contributed by atoms with Gasteiger partial charge in [-0.15, -0.1) is 0 Å². The molecule has 0 N–H and O–H groups in total. The number of aromatic nitrogens is 3. The molecule has 0 fully saturated rings. The predicted octanol–water partition coefficient (Wildman–Crippen LogP) is 14.9. The van der Waals surface area contributed by atoms with Crippen LogP contribution in [0.1, 0.15) is 0 Å². The van der Waals surface area contributed by atoms with Crippen LogP contribution in [0.5, 0.6) is 0 Å². The second-order valence-electron chi connectivity index (χ2n) is 15.5. The maximum Gasteiger partial charge on any atom is 0.160 e. The lowest BCUT2D eigenvalue weighted by atomic mass is 9.93. The molecule has 0 amide bonds. The monoisotopic (exact) mass is 767 g/mol. The van der Waals surface area contributed by atoms with Gasteiger partial charge in [-0.2, -0.15) is 0 Å². The van der Waals surface area contributed by atoms with Gasteiger partial charge < -0.3 is 13.4 Å². The van der Waals surface area contributed by atoms with Crippen LogP contribution in [-0.2, 0) is 0 Å². The minimum atomic E-state index is 0.803. The first-order chi connectivity index (χ1) is 29.8. The smallest absolute Gasteiger partial charge is 0.160 e. The van der Waals surface area contributed by atoms with Crippen LogP contribution in [0, 0.1) is 0 Å². The molecule has 0 aliphatic heterocycles. The van der Waals surface area contributed by atoms with Crippen LogP contribution in [0.15, 0.2) is 209 Å². The van der Waals surface area contributed by atoms with Crippen molar-refractivity contribution in [3.8, 4) is 45.0 Å². The molecule has 0 saturated heterocycles. The molecule has 0 atom stereocenters. The lowest BCUT2D eigenvalue weighted by molar-refractivity contribution is 0.665. The number of imidazole rings is 1. The fourth-order valence-corrected chi connectivity index (χ4v) is 9.51. The minimum absolute atomic E-state index is 0.803. The van der Waals surface area contributed by atoms with E-state index in [0.29, 0.717) is 0 Å². The quantitative estimate of drug-likeness (QED) is 0.175. The third-order valence-corrected chi connectivity index (χ3v) is 12.1. The summed E-state index contributed by atoms with van der Waals surface area (Å²) in [6.45, 7) is 0. The number of furan rings is 2. The van der Waals surface area contributed by atoms with E-state index >= 15 is 0 Å². The predicted molar refractivity (Wildman–Crippen MR) is 246 cm³/mol. The zero-order valence-electron chi connectivity index (χ0n) is 32.2. The van der Waals surface area contributed by atoms with Crippen molar-refractivity contribution in [2.24, 2.45) is 0 Å². The number of para-hydroxylation sites is 6. The molecule has 4 heterocycles. The number of nitrogens with zero attached hydrogens (tertiary/aromatic N) is 3. The Balaban J connectivity index is 1.15. The molecule has 4 aromatic heterocycles.